The number of nitrogens with two attached hydrogens (primary N) is 1. The number of ether oxygens (including phenoxy) is 1. The minimum Gasteiger partial charge on any atom is -0.483 e. The van der Waals surface area contributed by atoms with Crippen molar-refractivity contribution in [2.24, 2.45) is 5.73 Å². The zero-order valence-corrected chi connectivity index (χ0v) is 16.5. The van der Waals surface area contributed by atoms with Crippen LogP contribution in [0.3, 0.4) is 0 Å². The number of aryl methyl sites for hydroxylation is 1. The van der Waals surface area contributed by atoms with Crippen LogP contribution in [0.4, 0.5) is 0 Å². The normalized spacial score (nSPS) is 11.5. The van der Waals surface area contributed by atoms with Gasteiger partial charge in [0.15, 0.2) is 0 Å². The summed E-state index contributed by atoms with van der Waals surface area (Å²) in [5.74, 6) is 1.52. The van der Waals surface area contributed by atoms with Crippen LogP contribution in [0.15, 0.2) is 18.2 Å². The second kappa shape index (κ2) is 10.7. The summed E-state index contributed by atoms with van der Waals surface area (Å²) in [7, 11) is 0. The highest BCUT2D eigenvalue weighted by atomic mass is 32.2. The molecule has 0 atom stereocenters. The van der Waals surface area contributed by atoms with E-state index < -0.39 is 0 Å². The number of hydrogen-bond acceptors (Lipinski definition) is 3. The third kappa shape index (κ3) is 8.09. The summed E-state index contributed by atoms with van der Waals surface area (Å²) in [5, 5.41) is 0. The fourth-order valence-electron chi connectivity index (χ4n) is 2.74. The molecule has 0 aliphatic carbocycles. The second-order valence-corrected chi connectivity index (χ2v) is 8.18. The van der Waals surface area contributed by atoms with Crippen molar-refractivity contribution in [2.45, 2.75) is 71.1 Å². The fraction of sp³-hybridized carbons (Fsp3) is 0.650. The molecular weight excluding hydrogens is 318 g/mol. The van der Waals surface area contributed by atoms with E-state index in [1.165, 1.54) is 30.4 Å². The molecule has 0 aromatic heterocycles. The highest BCUT2D eigenvalue weighted by molar-refractivity contribution is 7.98. The van der Waals surface area contributed by atoms with E-state index in [0.717, 1.165) is 25.0 Å². The van der Waals surface area contributed by atoms with E-state index in [0.29, 0.717) is 12.4 Å². The lowest BCUT2D eigenvalue weighted by Gasteiger charge is -2.23. The first-order chi connectivity index (χ1) is 11.3. The van der Waals surface area contributed by atoms with Gasteiger partial charge in [-0.1, -0.05) is 52.2 Å². The summed E-state index contributed by atoms with van der Waals surface area (Å²) in [6, 6.07) is 6.67. The van der Waals surface area contributed by atoms with Gasteiger partial charge in [-0.2, -0.15) is 0 Å². The number of amides is 1. The molecule has 1 rings (SSSR count). The highest BCUT2D eigenvalue weighted by Crippen LogP contribution is 2.33. The number of carbonyl (C=O) groups excluding carboxylic acids is 1. The Labute approximate surface area is 151 Å². The van der Waals surface area contributed by atoms with Gasteiger partial charge >= 0.3 is 0 Å². The van der Waals surface area contributed by atoms with Gasteiger partial charge in [-0.25, -0.2) is 0 Å². The molecule has 4 heteroatoms. The average Bonchev–Trinajstić information content (AvgIpc) is 2.50. The number of hydrogen-bond donors (Lipinski definition) is 1. The molecule has 0 aliphatic heterocycles. The maximum atomic E-state index is 10.7. The maximum Gasteiger partial charge on any atom is 0.217 e. The summed E-state index contributed by atoms with van der Waals surface area (Å²) in [6.45, 7) is 6.67. The first-order valence-electron chi connectivity index (χ1n) is 8.88. The van der Waals surface area contributed by atoms with Crippen LogP contribution in [0.2, 0.25) is 0 Å². The van der Waals surface area contributed by atoms with Crippen LogP contribution in [-0.2, 0) is 16.6 Å². The minimum absolute atomic E-state index is 0.0900. The summed E-state index contributed by atoms with van der Waals surface area (Å²) < 4.78 is 5.95. The van der Waals surface area contributed by atoms with Gasteiger partial charge in [0.2, 0.25) is 5.91 Å². The van der Waals surface area contributed by atoms with Gasteiger partial charge in [0.1, 0.15) is 11.7 Å². The first kappa shape index (κ1) is 20.9. The Kier molecular flexibility index (Phi) is 9.27. The largest absolute Gasteiger partial charge is 0.483 e. The summed E-state index contributed by atoms with van der Waals surface area (Å²) in [5.41, 5.74) is 7.85. The molecule has 0 saturated heterocycles. The third-order valence-electron chi connectivity index (χ3n) is 4.07. The molecule has 2 N–H and O–H groups in total. The number of rotatable bonds is 11. The van der Waals surface area contributed by atoms with Crippen LogP contribution in [0.1, 0.15) is 70.4 Å². The number of primary amides is 1. The second-order valence-electron chi connectivity index (χ2n) is 7.37. The SMILES string of the molecule is CSCOc1cc(CCCCCCCC(N)=O)ccc1C(C)(C)C. The van der Waals surface area contributed by atoms with Crippen LogP contribution in [0, 0.1) is 0 Å². The molecule has 0 bridgehead atoms. The smallest absolute Gasteiger partial charge is 0.217 e. The highest BCUT2D eigenvalue weighted by Gasteiger charge is 2.19. The van der Waals surface area contributed by atoms with E-state index in [-0.39, 0.29) is 11.3 Å². The van der Waals surface area contributed by atoms with Crippen molar-refractivity contribution in [1.82, 2.24) is 0 Å². The van der Waals surface area contributed by atoms with Gasteiger partial charge in [-0.05, 0) is 48.1 Å². The molecule has 24 heavy (non-hydrogen) atoms. The summed E-state index contributed by atoms with van der Waals surface area (Å²) in [6.07, 6.45) is 9.20. The molecule has 136 valence electrons. The van der Waals surface area contributed by atoms with Crippen LogP contribution >= 0.6 is 11.8 Å². The zero-order chi connectivity index (χ0) is 18.0. The van der Waals surface area contributed by atoms with E-state index in [1.54, 1.807) is 11.8 Å². The molecule has 1 aromatic carbocycles. The Morgan fingerprint density at radius 3 is 2.42 bits per heavy atom. The Morgan fingerprint density at radius 2 is 1.79 bits per heavy atom. The monoisotopic (exact) mass is 351 g/mol. The Balaban J connectivity index is 2.49. The third-order valence-corrected chi connectivity index (χ3v) is 4.43. The summed E-state index contributed by atoms with van der Waals surface area (Å²) in [4.78, 5) is 10.7. The quantitative estimate of drug-likeness (QED) is 0.448. The number of carbonyl (C=O) groups is 1. The van der Waals surface area contributed by atoms with Crippen molar-refractivity contribution >= 4 is 17.7 Å². The van der Waals surface area contributed by atoms with E-state index >= 15 is 0 Å². The predicted molar refractivity (Wildman–Crippen MR) is 105 cm³/mol. The van der Waals surface area contributed by atoms with Crippen LogP contribution in [0.5, 0.6) is 5.75 Å². The van der Waals surface area contributed by atoms with Crippen LogP contribution < -0.4 is 10.5 Å². The van der Waals surface area contributed by atoms with Crippen molar-refractivity contribution in [3.05, 3.63) is 29.3 Å². The average molecular weight is 352 g/mol. The molecule has 0 unspecified atom stereocenters. The Hall–Kier alpha value is -1.16. The maximum absolute atomic E-state index is 10.7. The molecule has 0 fully saturated rings. The van der Waals surface area contributed by atoms with Crippen molar-refractivity contribution in [1.29, 1.82) is 0 Å². The Bertz CT molecular complexity index is 509. The van der Waals surface area contributed by atoms with Gasteiger partial charge < -0.3 is 10.5 Å². The number of unbranched alkanes of at least 4 members (excludes halogenated alkanes) is 4. The fourth-order valence-corrected chi connectivity index (χ4v) is 2.99. The minimum atomic E-state index is -0.188. The molecule has 1 amide bonds. The van der Waals surface area contributed by atoms with Crippen LogP contribution in [0.25, 0.3) is 0 Å². The van der Waals surface area contributed by atoms with E-state index in [9.17, 15) is 4.79 Å². The van der Waals surface area contributed by atoms with Gasteiger partial charge in [-0.3, -0.25) is 4.79 Å². The van der Waals surface area contributed by atoms with Crippen molar-refractivity contribution in [3.8, 4) is 5.75 Å². The van der Waals surface area contributed by atoms with E-state index in [2.05, 4.69) is 45.2 Å². The lowest BCUT2D eigenvalue weighted by molar-refractivity contribution is -0.118. The zero-order valence-electron chi connectivity index (χ0n) is 15.7. The van der Waals surface area contributed by atoms with Crippen molar-refractivity contribution in [2.75, 3.05) is 12.2 Å². The predicted octanol–water partition coefficient (Wildman–Crippen LogP) is 5.05. The lowest BCUT2D eigenvalue weighted by Crippen LogP contribution is -2.13. The van der Waals surface area contributed by atoms with Crippen molar-refractivity contribution in [3.63, 3.8) is 0 Å². The number of thioether (sulfide) groups is 1. The van der Waals surface area contributed by atoms with Gasteiger partial charge in [0, 0.05) is 6.42 Å². The standard InChI is InChI=1S/C20H33NO2S/c1-20(2,3)17-13-12-16(14-18(17)23-15-24-4)10-8-6-5-7-9-11-19(21)22/h12-14H,5-11,15H2,1-4H3,(H2,21,22). The molecule has 0 heterocycles. The van der Waals surface area contributed by atoms with Gasteiger partial charge in [0.05, 0.1) is 0 Å². The molecule has 3 nitrogen and oxygen atoms in total. The summed E-state index contributed by atoms with van der Waals surface area (Å²) >= 11 is 1.70. The van der Waals surface area contributed by atoms with Crippen LogP contribution in [-0.4, -0.2) is 18.1 Å². The van der Waals surface area contributed by atoms with Gasteiger partial charge in [0.25, 0.3) is 0 Å². The van der Waals surface area contributed by atoms with Gasteiger partial charge in [-0.15, -0.1) is 11.8 Å². The van der Waals surface area contributed by atoms with E-state index in [4.69, 9.17) is 10.5 Å². The number of benzene rings is 1. The van der Waals surface area contributed by atoms with Crippen molar-refractivity contribution < 1.29 is 9.53 Å². The molecule has 0 radical (unpaired) electrons. The lowest BCUT2D eigenvalue weighted by atomic mass is 9.85. The van der Waals surface area contributed by atoms with E-state index in [1.807, 2.05) is 0 Å². The molecule has 0 saturated carbocycles. The molecule has 0 spiro atoms. The Morgan fingerprint density at radius 1 is 1.12 bits per heavy atom. The topological polar surface area (TPSA) is 52.3 Å². The molecule has 1 aromatic rings. The first-order valence-corrected chi connectivity index (χ1v) is 10.3. The molecule has 0 aliphatic rings. The molecular formula is C20H33NO2S.